The van der Waals surface area contributed by atoms with E-state index in [0.29, 0.717) is 5.69 Å². The average molecular weight is 313 g/mol. The molecule has 122 valence electrons. The third-order valence-electron chi connectivity index (χ3n) is 4.48. The van der Waals surface area contributed by atoms with Crippen LogP contribution in [0.4, 0.5) is 5.69 Å². The summed E-state index contributed by atoms with van der Waals surface area (Å²) >= 11 is 0. The summed E-state index contributed by atoms with van der Waals surface area (Å²) in [6, 6.07) is 5.38. The van der Waals surface area contributed by atoms with Crippen LogP contribution in [-0.2, 0) is 16.6 Å². The molecule has 0 fully saturated rings. The minimum Gasteiger partial charge on any atom is -0.506 e. The normalized spacial score (nSPS) is 17.6. The summed E-state index contributed by atoms with van der Waals surface area (Å²) in [5.41, 5.74) is 3.51. The number of anilines is 1. The first kappa shape index (κ1) is 15.6. The molecule has 1 aromatic carbocycles. The van der Waals surface area contributed by atoms with E-state index >= 15 is 0 Å². The lowest BCUT2D eigenvalue weighted by molar-refractivity contribution is -0.117. The molecule has 0 spiro atoms. The van der Waals surface area contributed by atoms with Gasteiger partial charge >= 0.3 is 0 Å². The van der Waals surface area contributed by atoms with Gasteiger partial charge in [-0.3, -0.25) is 9.89 Å². The molecule has 1 heterocycles. The predicted octanol–water partition coefficient (Wildman–Crippen LogP) is 3.47. The van der Waals surface area contributed by atoms with Crippen LogP contribution >= 0.6 is 0 Å². The molecule has 5 heteroatoms. The second-order valence-electron chi connectivity index (χ2n) is 7.22. The van der Waals surface area contributed by atoms with Gasteiger partial charge in [-0.25, -0.2) is 0 Å². The number of benzene rings is 1. The molecule has 23 heavy (non-hydrogen) atoms. The number of hydrogen-bond acceptors (Lipinski definition) is 3. The Balaban J connectivity index is 1.84. The van der Waals surface area contributed by atoms with Crippen molar-refractivity contribution in [1.29, 1.82) is 0 Å². The Morgan fingerprint density at radius 1 is 1.39 bits per heavy atom. The van der Waals surface area contributed by atoms with Crippen molar-refractivity contribution in [2.45, 2.75) is 51.4 Å². The topological polar surface area (TPSA) is 78.0 Å². The third kappa shape index (κ3) is 3.09. The van der Waals surface area contributed by atoms with Gasteiger partial charge in [0.05, 0.1) is 17.8 Å². The maximum absolute atomic E-state index is 12.7. The molecule has 0 unspecified atom stereocenters. The lowest BCUT2D eigenvalue weighted by atomic mass is 9.85. The van der Waals surface area contributed by atoms with Gasteiger partial charge in [0.15, 0.2) is 0 Å². The highest BCUT2D eigenvalue weighted by Gasteiger charge is 2.28. The van der Waals surface area contributed by atoms with Crippen LogP contribution in [0.5, 0.6) is 5.75 Å². The Bertz CT molecular complexity index is 728. The Morgan fingerprint density at radius 3 is 2.91 bits per heavy atom. The average Bonchev–Trinajstić information content (AvgIpc) is 2.96. The lowest BCUT2D eigenvalue weighted by Crippen LogP contribution is -2.24. The molecule has 0 saturated heterocycles. The maximum Gasteiger partial charge on any atom is 0.232 e. The first-order valence-corrected chi connectivity index (χ1v) is 8.03. The first-order valence-electron chi connectivity index (χ1n) is 8.03. The second kappa shape index (κ2) is 5.72. The van der Waals surface area contributed by atoms with Gasteiger partial charge in [-0.05, 0) is 42.4 Å². The number of aryl methyl sites for hydroxylation is 1. The van der Waals surface area contributed by atoms with Crippen LogP contribution in [-0.4, -0.2) is 21.2 Å². The summed E-state index contributed by atoms with van der Waals surface area (Å²) in [5, 5.41) is 20.0. The lowest BCUT2D eigenvalue weighted by Gasteiger charge is -2.23. The Kier molecular flexibility index (Phi) is 3.88. The fraction of sp³-hybridized carbons (Fsp3) is 0.444. The van der Waals surface area contributed by atoms with Gasteiger partial charge in [0.2, 0.25) is 5.91 Å². The summed E-state index contributed by atoms with van der Waals surface area (Å²) in [7, 11) is 0. The zero-order valence-electron chi connectivity index (χ0n) is 13.8. The summed E-state index contributed by atoms with van der Waals surface area (Å²) < 4.78 is 0. The van der Waals surface area contributed by atoms with Gasteiger partial charge < -0.3 is 10.4 Å². The van der Waals surface area contributed by atoms with Crippen molar-refractivity contribution in [3.8, 4) is 5.75 Å². The Hall–Kier alpha value is -2.30. The van der Waals surface area contributed by atoms with Gasteiger partial charge in [0, 0.05) is 11.3 Å². The van der Waals surface area contributed by atoms with Crippen molar-refractivity contribution in [2.75, 3.05) is 5.32 Å². The quantitative estimate of drug-likeness (QED) is 0.743. The van der Waals surface area contributed by atoms with Crippen LogP contribution in [0.25, 0.3) is 0 Å². The van der Waals surface area contributed by atoms with Gasteiger partial charge in [0.1, 0.15) is 5.75 Å². The zero-order valence-corrected chi connectivity index (χ0v) is 13.8. The molecular weight excluding hydrogens is 290 g/mol. The van der Waals surface area contributed by atoms with E-state index in [4.69, 9.17) is 0 Å². The number of nitrogens with zero attached hydrogens (tertiary/aromatic N) is 1. The highest BCUT2D eigenvalue weighted by molar-refractivity contribution is 5.97. The van der Waals surface area contributed by atoms with Crippen molar-refractivity contribution in [3.63, 3.8) is 0 Å². The zero-order chi connectivity index (χ0) is 16.6. The Labute approximate surface area is 136 Å². The first-order chi connectivity index (χ1) is 10.9. The molecule has 0 bridgehead atoms. The molecule has 0 radical (unpaired) electrons. The summed E-state index contributed by atoms with van der Waals surface area (Å²) in [6.45, 7) is 6.30. The number of aromatic hydroxyl groups is 1. The van der Waals surface area contributed by atoms with E-state index in [2.05, 4.69) is 36.3 Å². The third-order valence-corrected chi connectivity index (χ3v) is 4.48. The number of aromatic nitrogens is 2. The van der Waals surface area contributed by atoms with Crippen LogP contribution in [0.15, 0.2) is 24.4 Å². The number of aromatic amines is 1. The molecule has 3 N–H and O–H groups in total. The van der Waals surface area contributed by atoms with Gasteiger partial charge in [-0.2, -0.15) is 5.10 Å². The van der Waals surface area contributed by atoms with E-state index in [-0.39, 0.29) is 23.0 Å². The van der Waals surface area contributed by atoms with E-state index in [1.807, 2.05) is 12.1 Å². The number of rotatable bonds is 2. The maximum atomic E-state index is 12.7. The van der Waals surface area contributed by atoms with E-state index in [0.717, 1.165) is 36.1 Å². The number of amides is 1. The van der Waals surface area contributed by atoms with Crippen LogP contribution in [0.2, 0.25) is 0 Å². The van der Waals surface area contributed by atoms with Crippen molar-refractivity contribution in [2.24, 2.45) is 0 Å². The minimum absolute atomic E-state index is 0.0459. The highest BCUT2D eigenvalue weighted by Crippen LogP contribution is 2.34. The van der Waals surface area contributed by atoms with Crippen LogP contribution in [0, 0.1) is 0 Å². The summed E-state index contributed by atoms with van der Waals surface area (Å²) in [4.78, 5) is 12.7. The fourth-order valence-electron chi connectivity index (χ4n) is 3.06. The van der Waals surface area contributed by atoms with E-state index in [1.54, 1.807) is 12.3 Å². The number of H-pyrrole nitrogens is 1. The molecule has 1 atom stereocenters. The number of phenols is 1. The van der Waals surface area contributed by atoms with Crippen molar-refractivity contribution in [1.82, 2.24) is 10.2 Å². The highest BCUT2D eigenvalue weighted by atomic mass is 16.3. The largest absolute Gasteiger partial charge is 0.506 e. The van der Waals surface area contributed by atoms with Crippen LogP contribution in [0.1, 0.15) is 56.4 Å². The summed E-state index contributed by atoms with van der Waals surface area (Å²) in [6.07, 6.45) is 4.44. The number of fused-ring (bicyclic) bond motifs is 1. The van der Waals surface area contributed by atoms with Gasteiger partial charge in [-0.1, -0.05) is 26.8 Å². The predicted molar refractivity (Wildman–Crippen MR) is 89.7 cm³/mol. The second-order valence-corrected chi connectivity index (χ2v) is 7.22. The van der Waals surface area contributed by atoms with E-state index in [1.165, 1.54) is 0 Å². The van der Waals surface area contributed by atoms with Crippen LogP contribution in [0.3, 0.4) is 0 Å². The van der Waals surface area contributed by atoms with E-state index in [9.17, 15) is 9.90 Å². The molecule has 0 aliphatic heterocycles. The molecule has 1 aliphatic carbocycles. The van der Waals surface area contributed by atoms with Crippen molar-refractivity contribution >= 4 is 11.6 Å². The standard InChI is InChI=1S/C18H23N3O2/c1-18(2,3)11-7-8-16(22)15(9-11)20-17(23)12-5-4-6-14-13(12)10-19-21-14/h7-10,12,22H,4-6H2,1-3H3,(H,19,21)(H,20,23)/t12-/m0/s1. The minimum atomic E-state index is -0.213. The molecule has 1 aliphatic rings. The number of carbonyl (C=O) groups excluding carboxylic acids is 1. The molecule has 3 rings (SSSR count). The van der Waals surface area contributed by atoms with Gasteiger partial charge in [-0.15, -0.1) is 0 Å². The van der Waals surface area contributed by atoms with E-state index < -0.39 is 0 Å². The molecular formula is C18H23N3O2. The Morgan fingerprint density at radius 2 is 2.17 bits per heavy atom. The fourth-order valence-corrected chi connectivity index (χ4v) is 3.06. The molecule has 1 amide bonds. The summed E-state index contributed by atoms with van der Waals surface area (Å²) in [5.74, 6) is -0.210. The van der Waals surface area contributed by atoms with Crippen molar-refractivity contribution < 1.29 is 9.90 Å². The SMILES string of the molecule is CC(C)(C)c1ccc(O)c(NC(=O)[C@H]2CCCc3[nH]ncc32)c1. The number of hydrogen-bond donors (Lipinski definition) is 3. The molecule has 1 aromatic heterocycles. The van der Waals surface area contributed by atoms with Gasteiger partial charge in [0.25, 0.3) is 0 Å². The number of carbonyl (C=O) groups is 1. The number of phenolic OH excluding ortho intramolecular Hbond substituents is 1. The van der Waals surface area contributed by atoms with Crippen LogP contribution < -0.4 is 5.32 Å². The smallest absolute Gasteiger partial charge is 0.232 e. The van der Waals surface area contributed by atoms with Crippen molar-refractivity contribution in [3.05, 3.63) is 41.2 Å². The molecule has 2 aromatic rings. The monoisotopic (exact) mass is 313 g/mol. The molecule has 5 nitrogen and oxygen atoms in total. The number of nitrogens with one attached hydrogen (secondary N) is 2. The molecule has 0 saturated carbocycles.